The Morgan fingerprint density at radius 1 is 1.38 bits per heavy atom. The summed E-state index contributed by atoms with van der Waals surface area (Å²) in [4.78, 5) is 14.5. The predicted octanol–water partition coefficient (Wildman–Crippen LogP) is 1.66. The molecule has 1 heterocycles. The Kier molecular flexibility index (Phi) is 4.93. The molecule has 1 aliphatic rings. The highest BCUT2D eigenvalue weighted by molar-refractivity contribution is 5.85. The van der Waals surface area contributed by atoms with Crippen LogP contribution in [0.3, 0.4) is 0 Å². The Hall–Kier alpha value is -0.410. The fourth-order valence-electron chi connectivity index (χ4n) is 2.37. The van der Waals surface area contributed by atoms with Crippen molar-refractivity contribution in [3.05, 3.63) is 0 Å². The minimum absolute atomic E-state index is 0.0912. The van der Waals surface area contributed by atoms with Gasteiger partial charge in [-0.1, -0.05) is 27.7 Å². The summed E-state index contributed by atoms with van der Waals surface area (Å²) in [5.41, 5.74) is 5.92. The zero-order valence-electron chi connectivity index (χ0n) is 11.1. The summed E-state index contributed by atoms with van der Waals surface area (Å²) in [5, 5.41) is 0. The van der Waals surface area contributed by atoms with E-state index in [1.165, 1.54) is 0 Å². The van der Waals surface area contributed by atoms with Crippen LogP contribution in [0.2, 0.25) is 0 Å². The Bertz CT molecular complexity index is 238. The van der Waals surface area contributed by atoms with Crippen LogP contribution in [0, 0.1) is 11.8 Å². The second-order valence-electron chi connectivity index (χ2n) is 5.75. The van der Waals surface area contributed by atoms with E-state index in [1.807, 2.05) is 13.8 Å². The fraction of sp³-hybridized carbons (Fsp3) is 0.923. The summed E-state index contributed by atoms with van der Waals surface area (Å²) in [5.74, 6) is 1.06. The molecule has 1 rings (SSSR count). The van der Waals surface area contributed by atoms with Crippen LogP contribution in [-0.4, -0.2) is 35.9 Å². The van der Waals surface area contributed by atoms with Crippen molar-refractivity contribution in [3.8, 4) is 0 Å². The third-order valence-corrected chi connectivity index (χ3v) is 3.29. The standard InChI is InChI=1S/C13H26N2O/c1-9(2)7-12(13(16)10(3)4)15-6-5-11(14)8-15/h9-12H,5-8,14H2,1-4H3. The zero-order valence-corrected chi connectivity index (χ0v) is 11.1. The van der Waals surface area contributed by atoms with Crippen LogP contribution in [0.4, 0.5) is 0 Å². The second kappa shape index (κ2) is 5.78. The maximum absolute atomic E-state index is 12.2. The van der Waals surface area contributed by atoms with Gasteiger partial charge in [0, 0.05) is 25.0 Å². The molecule has 1 aliphatic heterocycles. The van der Waals surface area contributed by atoms with Crippen molar-refractivity contribution in [3.63, 3.8) is 0 Å². The molecule has 3 heteroatoms. The smallest absolute Gasteiger partial charge is 0.152 e. The number of likely N-dealkylation sites (tertiary alicyclic amines) is 1. The quantitative estimate of drug-likeness (QED) is 0.775. The van der Waals surface area contributed by atoms with Crippen molar-refractivity contribution < 1.29 is 4.79 Å². The normalized spacial score (nSPS) is 24.3. The topological polar surface area (TPSA) is 46.3 Å². The predicted molar refractivity (Wildman–Crippen MR) is 67.3 cm³/mol. The lowest BCUT2D eigenvalue weighted by atomic mass is 9.93. The molecule has 94 valence electrons. The van der Waals surface area contributed by atoms with E-state index >= 15 is 0 Å². The lowest BCUT2D eigenvalue weighted by Crippen LogP contribution is -2.43. The first-order valence-electron chi connectivity index (χ1n) is 6.45. The van der Waals surface area contributed by atoms with E-state index < -0.39 is 0 Å². The van der Waals surface area contributed by atoms with E-state index in [4.69, 9.17) is 5.73 Å². The van der Waals surface area contributed by atoms with E-state index in [9.17, 15) is 4.79 Å². The molecule has 0 aromatic heterocycles. The summed E-state index contributed by atoms with van der Waals surface area (Å²) >= 11 is 0. The molecule has 0 radical (unpaired) electrons. The molecule has 16 heavy (non-hydrogen) atoms. The third kappa shape index (κ3) is 3.56. The van der Waals surface area contributed by atoms with Crippen LogP contribution in [0.25, 0.3) is 0 Å². The Balaban J connectivity index is 2.67. The molecule has 0 saturated carbocycles. The van der Waals surface area contributed by atoms with Gasteiger partial charge in [-0.15, -0.1) is 0 Å². The van der Waals surface area contributed by atoms with Gasteiger partial charge in [0.05, 0.1) is 6.04 Å². The molecule has 1 fully saturated rings. The highest BCUT2D eigenvalue weighted by atomic mass is 16.1. The number of carbonyl (C=O) groups is 1. The summed E-state index contributed by atoms with van der Waals surface area (Å²) in [6.07, 6.45) is 1.99. The van der Waals surface area contributed by atoms with Gasteiger partial charge in [0.2, 0.25) is 0 Å². The van der Waals surface area contributed by atoms with Gasteiger partial charge in [0.15, 0.2) is 5.78 Å². The average molecular weight is 226 g/mol. The van der Waals surface area contributed by atoms with Crippen molar-refractivity contribution in [1.29, 1.82) is 0 Å². The average Bonchev–Trinajstić information content (AvgIpc) is 2.59. The SMILES string of the molecule is CC(C)CC(C(=O)C(C)C)N1CCC(N)C1. The Labute approximate surface area is 99.4 Å². The van der Waals surface area contributed by atoms with E-state index in [2.05, 4.69) is 18.7 Å². The highest BCUT2D eigenvalue weighted by Crippen LogP contribution is 2.20. The first-order valence-corrected chi connectivity index (χ1v) is 6.45. The first-order chi connectivity index (χ1) is 7.41. The van der Waals surface area contributed by atoms with Gasteiger partial charge in [0.1, 0.15) is 0 Å². The van der Waals surface area contributed by atoms with Gasteiger partial charge < -0.3 is 5.73 Å². The van der Waals surface area contributed by atoms with Crippen LogP contribution >= 0.6 is 0 Å². The number of carbonyl (C=O) groups excluding carboxylic acids is 1. The molecule has 2 N–H and O–H groups in total. The Morgan fingerprint density at radius 3 is 2.38 bits per heavy atom. The van der Waals surface area contributed by atoms with E-state index in [0.29, 0.717) is 11.7 Å². The van der Waals surface area contributed by atoms with Crippen molar-refractivity contribution in [1.82, 2.24) is 4.90 Å². The molecule has 3 nitrogen and oxygen atoms in total. The minimum Gasteiger partial charge on any atom is -0.326 e. The Morgan fingerprint density at radius 2 is 2.00 bits per heavy atom. The molecule has 0 amide bonds. The van der Waals surface area contributed by atoms with Crippen LogP contribution in [0.15, 0.2) is 0 Å². The zero-order chi connectivity index (χ0) is 12.3. The summed E-state index contributed by atoms with van der Waals surface area (Å²) in [6, 6.07) is 0.350. The molecule has 0 spiro atoms. The summed E-state index contributed by atoms with van der Waals surface area (Å²) in [7, 11) is 0. The van der Waals surface area contributed by atoms with Crippen LogP contribution in [0.1, 0.15) is 40.5 Å². The van der Waals surface area contributed by atoms with E-state index in [-0.39, 0.29) is 18.0 Å². The van der Waals surface area contributed by atoms with Crippen molar-refractivity contribution in [2.24, 2.45) is 17.6 Å². The van der Waals surface area contributed by atoms with E-state index in [1.54, 1.807) is 0 Å². The summed E-state index contributed by atoms with van der Waals surface area (Å²) < 4.78 is 0. The third-order valence-electron chi connectivity index (χ3n) is 3.29. The molecule has 0 aliphatic carbocycles. The molecular formula is C13H26N2O. The number of ketones is 1. The number of Topliss-reactive ketones (excluding diaryl/α,β-unsaturated/α-hetero) is 1. The molecule has 0 aromatic rings. The molecule has 0 bridgehead atoms. The van der Waals surface area contributed by atoms with Crippen molar-refractivity contribution in [2.75, 3.05) is 13.1 Å². The van der Waals surface area contributed by atoms with Gasteiger partial charge in [0.25, 0.3) is 0 Å². The van der Waals surface area contributed by atoms with Crippen LogP contribution < -0.4 is 5.73 Å². The maximum atomic E-state index is 12.2. The number of rotatable bonds is 5. The number of nitrogens with zero attached hydrogens (tertiary/aromatic N) is 1. The molecule has 0 aromatic carbocycles. The first kappa shape index (κ1) is 13.7. The minimum atomic E-state index is 0.0912. The molecule has 2 atom stereocenters. The van der Waals surface area contributed by atoms with Gasteiger partial charge in [-0.3, -0.25) is 9.69 Å². The maximum Gasteiger partial charge on any atom is 0.152 e. The lowest BCUT2D eigenvalue weighted by Gasteiger charge is -2.29. The van der Waals surface area contributed by atoms with Crippen molar-refractivity contribution in [2.45, 2.75) is 52.6 Å². The monoisotopic (exact) mass is 226 g/mol. The number of hydrogen-bond donors (Lipinski definition) is 1. The van der Waals surface area contributed by atoms with Gasteiger partial charge in [-0.05, 0) is 18.8 Å². The van der Waals surface area contributed by atoms with Crippen LogP contribution in [0.5, 0.6) is 0 Å². The number of hydrogen-bond acceptors (Lipinski definition) is 3. The van der Waals surface area contributed by atoms with Crippen molar-refractivity contribution >= 4 is 5.78 Å². The van der Waals surface area contributed by atoms with Gasteiger partial charge in [-0.25, -0.2) is 0 Å². The molecular weight excluding hydrogens is 200 g/mol. The molecule has 2 unspecified atom stereocenters. The lowest BCUT2D eigenvalue weighted by molar-refractivity contribution is -0.127. The number of nitrogens with two attached hydrogens (primary N) is 1. The largest absolute Gasteiger partial charge is 0.326 e. The second-order valence-corrected chi connectivity index (χ2v) is 5.75. The highest BCUT2D eigenvalue weighted by Gasteiger charge is 2.32. The van der Waals surface area contributed by atoms with Crippen LogP contribution in [-0.2, 0) is 4.79 Å². The summed E-state index contributed by atoms with van der Waals surface area (Å²) in [6.45, 7) is 10.2. The molecule has 1 saturated heterocycles. The fourth-order valence-corrected chi connectivity index (χ4v) is 2.37. The van der Waals surface area contributed by atoms with Gasteiger partial charge >= 0.3 is 0 Å². The van der Waals surface area contributed by atoms with E-state index in [0.717, 1.165) is 25.9 Å². The van der Waals surface area contributed by atoms with Gasteiger partial charge in [-0.2, -0.15) is 0 Å².